The Morgan fingerprint density at radius 3 is 2.47 bits per heavy atom. The van der Waals surface area contributed by atoms with E-state index in [4.69, 9.17) is 39.0 Å². The Bertz CT molecular complexity index is 1070. The topological polar surface area (TPSA) is 63.7 Å². The van der Waals surface area contributed by atoms with Gasteiger partial charge in [-0.1, -0.05) is 60.3 Å². The molecular weight excluding hydrogens is 469 g/mol. The van der Waals surface area contributed by atoms with Crippen molar-refractivity contribution < 1.29 is 17.4 Å². The smallest absolute Gasteiger partial charge is 0.340 e. The summed E-state index contributed by atoms with van der Waals surface area (Å²) in [4.78, 5) is 14.6. The van der Waals surface area contributed by atoms with E-state index < -0.39 is 15.5 Å². The molecule has 1 amide bonds. The van der Waals surface area contributed by atoms with Crippen LogP contribution in [0.2, 0.25) is 15.1 Å². The third-order valence-corrected chi connectivity index (χ3v) is 7.98. The summed E-state index contributed by atoms with van der Waals surface area (Å²) in [6.45, 7) is 2.68. The number of likely N-dealkylation sites (N-methyl/N-ethyl adjacent to an activating group) is 1. The van der Waals surface area contributed by atoms with Crippen LogP contribution in [0.3, 0.4) is 0 Å². The lowest BCUT2D eigenvalue weighted by atomic mass is 9.73. The molecule has 30 heavy (non-hydrogen) atoms. The number of carbonyl (C=O) groups excluding carboxylic acids is 1. The third kappa shape index (κ3) is 4.42. The number of likely N-dealkylation sites (tertiary alicyclic amines) is 1. The van der Waals surface area contributed by atoms with E-state index in [1.54, 1.807) is 24.1 Å². The highest BCUT2D eigenvalue weighted by molar-refractivity contribution is 7.87. The maximum absolute atomic E-state index is 13.2. The zero-order chi connectivity index (χ0) is 22.1. The van der Waals surface area contributed by atoms with Gasteiger partial charge in [-0.15, -0.1) is 0 Å². The molecule has 0 radical (unpaired) electrons. The van der Waals surface area contributed by atoms with Crippen molar-refractivity contribution in [1.82, 2.24) is 4.90 Å². The van der Waals surface area contributed by atoms with Gasteiger partial charge in [-0.2, -0.15) is 8.42 Å². The molecule has 9 heteroatoms. The first-order chi connectivity index (χ1) is 14.1. The predicted molar refractivity (Wildman–Crippen MR) is 119 cm³/mol. The van der Waals surface area contributed by atoms with Gasteiger partial charge in [-0.25, -0.2) is 0 Å². The molecule has 1 heterocycles. The number of hydrogen-bond donors (Lipinski definition) is 0. The molecule has 0 N–H and O–H groups in total. The van der Waals surface area contributed by atoms with Crippen LogP contribution in [0.25, 0.3) is 0 Å². The van der Waals surface area contributed by atoms with Crippen LogP contribution in [0.4, 0.5) is 0 Å². The lowest BCUT2D eigenvalue weighted by Crippen LogP contribution is -2.43. The van der Waals surface area contributed by atoms with E-state index in [1.165, 1.54) is 12.1 Å². The second-order valence-electron chi connectivity index (χ2n) is 7.38. The highest BCUT2D eigenvalue weighted by Crippen LogP contribution is 2.39. The van der Waals surface area contributed by atoms with Gasteiger partial charge in [-0.3, -0.25) is 4.79 Å². The van der Waals surface area contributed by atoms with Crippen molar-refractivity contribution in [2.45, 2.75) is 42.9 Å². The number of benzene rings is 2. The Balaban J connectivity index is 1.99. The molecule has 162 valence electrons. The highest BCUT2D eigenvalue weighted by Gasteiger charge is 2.41. The van der Waals surface area contributed by atoms with Crippen molar-refractivity contribution in [2.24, 2.45) is 0 Å². The van der Waals surface area contributed by atoms with Gasteiger partial charge >= 0.3 is 10.1 Å². The molecular formula is C21H22Cl3NO4S. The van der Waals surface area contributed by atoms with Gasteiger partial charge < -0.3 is 9.08 Å². The summed E-state index contributed by atoms with van der Waals surface area (Å²) in [5, 5.41) is 0.101. The van der Waals surface area contributed by atoms with E-state index in [9.17, 15) is 13.2 Å². The van der Waals surface area contributed by atoms with Crippen LogP contribution in [-0.2, 0) is 20.3 Å². The summed E-state index contributed by atoms with van der Waals surface area (Å²) in [7, 11) is -2.46. The average molecular weight is 491 g/mol. The van der Waals surface area contributed by atoms with E-state index >= 15 is 0 Å². The summed E-state index contributed by atoms with van der Waals surface area (Å²) < 4.78 is 31.0. The molecule has 0 saturated carbocycles. The van der Waals surface area contributed by atoms with Crippen molar-refractivity contribution in [3.63, 3.8) is 0 Å². The third-order valence-electron chi connectivity index (χ3n) is 5.54. The van der Waals surface area contributed by atoms with Crippen molar-refractivity contribution in [3.8, 4) is 5.75 Å². The molecule has 0 bridgehead atoms. The van der Waals surface area contributed by atoms with Crippen LogP contribution in [0.15, 0.2) is 41.3 Å². The fourth-order valence-corrected chi connectivity index (χ4v) is 5.76. The van der Waals surface area contributed by atoms with Crippen molar-refractivity contribution in [2.75, 3.05) is 13.6 Å². The first kappa shape index (κ1) is 23.2. The number of amides is 1. The molecule has 0 spiro atoms. The molecule has 1 aliphatic rings. The van der Waals surface area contributed by atoms with Gasteiger partial charge in [-0.05, 0) is 49.1 Å². The Morgan fingerprint density at radius 2 is 1.77 bits per heavy atom. The van der Waals surface area contributed by atoms with Crippen LogP contribution >= 0.6 is 34.8 Å². The number of carbonyl (C=O) groups is 1. The highest BCUT2D eigenvalue weighted by atomic mass is 35.5. The number of hydrogen-bond acceptors (Lipinski definition) is 4. The molecule has 0 aliphatic carbocycles. The molecule has 2 aromatic carbocycles. The monoisotopic (exact) mass is 489 g/mol. The maximum Gasteiger partial charge on any atom is 0.340 e. The lowest BCUT2D eigenvalue weighted by Gasteiger charge is -2.33. The normalized spacial score (nSPS) is 20.2. The summed E-state index contributed by atoms with van der Waals surface area (Å²) in [6, 6.07) is 9.08. The molecule has 1 atom stereocenters. The van der Waals surface area contributed by atoms with E-state index in [0.29, 0.717) is 19.4 Å². The van der Waals surface area contributed by atoms with Gasteiger partial charge in [0.05, 0.1) is 20.5 Å². The number of nitrogens with zero attached hydrogens (tertiary/aromatic N) is 1. The quantitative estimate of drug-likeness (QED) is 0.398. The van der Waals surface area contributed by atoms with Crippen LogP contribution in [0.5, 0.6) is 5.75 Å². The SMILES string of the molecule is CC[C@@]1(c2cccc(OS(=O)(=O)c3cc(Cl)c(Cl)cc3Cl)c2)CCCCN(C)C1=O. The summed E-state index contributed by atoms with van der Waals surface area (Å²) >= 11 is 17.9. The predicted octanol–water partition coefficient (Wildman–Crippen LogP) is 5.70. The largest absolute Gasteiger partial charge is 0.379 e. The second kappa shape index (κ2) is 8.95. The molecule has 0 unspecified atom stereocenters. The Hall–Kier alpha value is -1.47. The van der Waals surface area contributed by atoms with Crippen molar-refractivity contribution in [1.29, 1.82) is 0 Å². The molecule has 1 saturated heterocycles. The first-order valence-electron chi connectivity index (χ1n) is 9.56. The molecule has 0 aromatic heterocycles. The first-order valence-corrected chi connectivity index (χ1v) is 12.1. The number of rotatable bonds is 5. The van der Waals surface area contributed by atoms with E-state index in [2.05, 4.69) is 0 Å². The Labute approximate surface area is 192 Å². The average Bonchev–Trinajstić information content (AvgIpc) is 2.84. The standard InChI is InChI=1S/C21H22Cl3NO4S/c1-3-21(9-4-5-10-25(2)20(21)26)14-7-6-8-15(11-14)29-30(27,28)19-13-17(23)16(22)12-18(19)24/h6-8,11-13H,3-5,9-10H2,1-2H3/t21-/m0/s1. The minimum Gasteiger partial charge on any atom is -0.379 e. The molecule has 3 rings (SSSR count). The zero-order valence-corrected chi connectivity index (χ0v) is 19.7. The minimum absolute atomic E-state index is 0.0371. The van der Waals surface area contributed by atoms with Gasteiger partial charge in [0.25, 0.3) is 0 Å². The zero-order valence-electron chi connectivity index (χ0n) is 16.6. The Kier molecular flexibility index (Phi) is 6.92. The lowest BCUT2D eigenvalue weighted by molar-refractivity contribution is -0.135. The second-order valence-corrected chi connectivity index (χ2v) is 10.1. The minimum atomic E-state index is -4.26. The molecule has 1 aliphatic heterocycles. The van der Waals surface area contributed by atoms with Crippen molar-refractivity contribution >= 4 is 50.8 Å². The Morgan fingerprint density at radius 1 is 1.07 bits per heavy atom. The maximum atomic E-state index is 13.2. The summed E-state index contributed by atoms with van der Waals surface area (Å²) in [5.74, 6) is 0.136. The van der Waals surface area contributed by atoms with Gasteiger partial charge in [0.2, 0.25) is 5.91 Å². The fourth-order valence-electron chi connectivity index (χ4n) is 3.86. The molecule has 2 aromatic rings. The van der Waals surface area contributed by atoms with Gasteiger partial charge in [0.15, 0.2) is 0 Å². The van der Waals surface area contributed by atoms with Gasteiger partial charge in [0.1, 0.15) is 10.6 Å². The number of halogens is 3. The van der Waals surface area contributed by atoms with E-state index in [-0.39, 0.29) is 31.6 Å². The van der Waals surface area contributed by atoms with E-state index in [0.717, 1.165) is 24.5 Å². The van der Waals surface area contributed by atoms with E-state index in [1.807, 2.05) is 13.0 Å². The van der Waals surface area contributed by atoms with Crippen LogP contribution in [0.1, 0.15) is 38.2 Å². The van der Waals surface area contributed by atoms with Crippen molar-refractivity contribution in [3.05, 3.63) is 57.0 Å². The fraction of sp³-hybridized carbons (Fsp3) is 0.381. The van der Waals surface area contributed by atoms with Crippen LogP contribution < -0.4 is 4.18 Å². The van der Waals surface area contributed by atoms with Gasteiger partial charge in [0, 0.05) is 13.6 Å². The summed E-state index contributed by atoms with van der Waals surface area (Å²) in [6.07, 6.45) is 3.14. The summed E-state index contributed by atoms with van der Waals surface area (Å²) in [5.41, 5.74) is 0.0204. The molecule has 5 nitrogen and oxygen atoms in total. The van der Waals surface area contributed by atoms with Crippen LogP contribution in [0, 0.1) is 0 Å². The molecule has 1 fully saturated rings. The van der Waals surface area contributed by atoms with Crippen LogP contribution in [-0.4, -0.2) is 32.8 Å².